The standard InChI is InChI=1S/C27H17NSi2.C6H19N3Si3.C6H19NSi2/c1-16-6-7-21-12-19-8-9-20-13-22-10-17-4-2-3-5-18(17)11-23(22)14-24(20)25(19)15-26(21)27(16)28(29)30;1-8-10-7-11(3,4)9(2)12(8,5)6;1-8(2,3)7-9(4,5)6/h2-15H,1H3;7H,1-6H3;7H,1-6H3. The summed E-state index contributed by atoms with van der Waals surface area (Å²) in [5.41, 5.74) is 2.34. The van der Waals surface area contributed by atoms with Gasteiger partial charge in [-0.25, -0.2) is 0 Å². The Morgan fingerprint density at radius 3 is 1.57 bits per heavy atom. The monoisotopic (exact) mass is 789 g/mol. The molecule has 1 saturated heterocycles. The third-order valence-corrected chi connectivity index (χ3v) is 29.9. The first-order valence-corrected chi connectivity index (χ1v) is 32.5. The highest BCUT2D eigenvalue weighted by Crippen LogP contribution is 2.37. The van der Waals surface area contributed by atoms with Gasteiger partial charge in [0, 0.05) is 11.1 Å². The van der Waals surface area contributed by atoms with Gasteiger partial charge in [-0.1, -0.05) is 87.8 Å². The van der Waals surface area contributed by atoms with E-state index in [1.807, 2.05) is 4.23 Å². The second kappa shape index (κ2) is 14.9. The zero-order valence-electron chi connectivity index (χ0n) is 32.9. The molecule has 0 aromatic heterocycles. The summed E-state index contributed by atoms with van der Waals surface area (Å²) < 4.78 is 14.4. The topological polar surface area (TPSA) is 33.8 Å². The summed E-state index contributed by atoms with van der Waals surface area (Å²) >= 11 is 0. The predicted molar refractivity (Wildman–Crippen MR) is 242 cm³/mol. The molecular weight excluding hydrogens is 735 g/mol. The Morgan fingerprint density at radius 2 is 1.08 bits per heavy atom. The van der Waals surface area contributed by atoms with Crippen molar-refractivity contribution in [1.82, 2.24) is 17.8 Å². The van der Waals surface area contributed by atoms with Crippen molar-refractivity contribution in [3.8, 4) is 0 Å². The third kappa shape index (κ3) is 9.12. The molecule has 7 rings (SSSR count). The molecule has 0 spiro atoms. The van der Waals surface area contributed by atoms with E-state index in [9.17, 15) is 0 Å². The maximum absolute atomic E-state index is 3.74. The Kier molecular flexibility index (Phi) is 11.7. The van der Waals surface area contributed by atoms with E-state index in [0.717, 1.165) is 15.5 Å². The van der Waals surface area contributed by atoms with Crippen molar-refractivity contribution < 1.29 is 0 Å². The lowest BCUT2D eigenvalue weighted by molar-refractivity contribution is 0.600. The molecule has 0 saturated carbocycles. The van der Waals surface area contributed by atoms with E-state index in [2.05, 4.69) is 210 Å². The molecule has 0 bridgehead atoms. The van der Waals surface area contributed by atoms with Crippen molar-refractivity contribution >= 4 is 123 Å². The number of fused-ring (bicyclic) bond motifs is 6. The molecule has 0 amide bonds. The van der Waals surface area contributed by atoms with E-state index >= 15 is 0 Å². The first-order valence-electron chi connectivity index (χ1n) is 17.8. The third-order valence-electron chi connectivity index (χ3n) is 9.95. The molecule has 0 atom stereocenters. The molecular formula is C39H55N5Si7. The van der Waals surface area contributed by atoms with Crippen LogP contribution in [-0.4, -0.2) is 86.5 Å². The van der Waals surface area contributed by atoms with Crippen LogP contribution in [0.3, 0.4) is 0 Å². The van der Waals surface area contributed by atoms with Crippen LogP contribution in [0.15, 0.2) is 84.9 Å². The molecule has 1 fully saturated rings. The fourth-order valence-corrected chi connectivity index (χ4v) is 28.4. The maximum Gasteiger partial charge on any atom is 0.234 e. The van der Waals surface area contributed by atoms with Gasteiger partial charge in [0.2, 0.25) is 9.84 Å². The van der Waals surface area contributed by atoms with Crippen LogP contribution in [0.2, 0.25) is 65.5 Å². The minimum atomic E-state index is -1.26. The van der Waals surface area contributed by atoms with E-state index in [1.165, 1.54) is 59.4 Å². The van der Waals surface area contributed by atoms with Crippen LogP contribution in [0.1, 0.15) is 5.56 Å². The predicted octanol–water partition coefficient (Wildman–Crippen LogP) is 9.37. The van der Waals surface area contributed by atoms with Crippen molar-refractivity contribution in [1.29, 1.82) is 0 Å². The molecule has 1 aliphatic rings. The Bertz CT molecular complexity index is 2200. The van der Waals surface area contributed by atoms with Crippen molar-refractivity contribution in [2.24, 2.45) is 0 Å². The van der Waals surface area contributed by atoms with Gasteiger partial charge in [0.1, 0.15) is 16.5 Å². The van der Waals surface area contributed by atoms with Crippen LogP contribution in [0.4, 0.5) is 5.69 Å². The van der Waals surface area contributed by atoms with Crippen LogP contribution in [-0.2, 0) is 0 Å². The van der Waals surface area contributed by atoms with Crippen LogP contribution in [0.25, 0.3) is 53.9 Å². The molecule has 6 aromatic rings. The highest BCUT2D eigenvalue weighted by Gasteiger charge is 2.45. The number of benzene rings is 6. The zero-order valence-corrected chi connectivity index (χ0v) is 39.9. The van der Waals surface area contributed by atoms with E-state index < -0.39 is 33.3 Å². The van der Waals surface area contributed by atoms with Gasteiger partial charge in [-0.15, -0.1) is 0 Å². The van der Waals surface area contributed by atoms with Gasteiger partial charge in [-0.3, -0.25) is 0 Å². The van der Waals surface area contributed by atoms with E-state index in [1.54, 1.807) is 0 Å². The minimum Gasteiger partial charge on any atom is -0.428 e. The van der Waals surface area contributed by atoms with Gasteiger partial charge >= 0.3 is 0 Å². The molecule has 6 aromatic carbocycles. The van der Waals surface area contributed by atoms with Gasteiger partial charge < -0.3 is 22.0 Å². The van der Waals surface area contributed by atoms with Crippen molar-refractivity contribution in [3.05, 3.63) is 90.5 Å². The summed E-state index contributed by atoms with van der Waals surface area (Å²) in [6, 6.07) is 31.3. The zero-order chi connectivity index (χ0) is 37.7. The quantitative estimate of drug-likeness (QED) is 0.106. The first-order chi connectivity index (χ1) is 23.6. The van der Waals surface area contributed by atoms with E-state index in [0.29, 0.717) is 0 Å². The number of nitrogens with zero attached hydrogens (tertiary/aromatic N) is 3. The smallest absolute Gasteiger partial charge is 0.234 e. The Labute approximate surface area is 320 Å². The van der Waals surface area contributed by atoms with E-state index in [-0.39, 0.29) is 0 Å². The largest absolute Gasteiger partial charge is 0.428 e. The number of aryl methyl sites for hydroxylation is 1. The molecule has 12 heteroatoms. The fraction of sp³-hybridized carbons (Fsp3) is 0.333. The summed E-state index contributed by atoms with van der Waals surface area (Å²) in [5, 5.41) is 12.7. The van der Waals surface area contributed by atoms with Crippen LogP contribution in [0.5, 0.6) is 0 Å². The van der Waals surface area contributed by atoms with Crippen LogP contribution < -0.4 is 13.5 Å². The molecule has 5 nitrogen and oxygen atoms in total. The highest BCUT2D eigenvalue weighted by atomic mass is 28.5. The van der Waals surface area contributed by atoms with Gasteiger partial charge in [-0.2, -0.15) is 0 Å². The Balaban J connectivity index is 0.000000198. The summed E-state index contributed by atoms with van der Waals surface area (Å²) in [4.78, 5) is 0. The van der Waals surface area contributed by atoms with Crippen molar-refractivity contribution in [2.45, 2.75) is 72.4 Å². The van der Waals surface area contributed by atoms with E-state index in [4.69, 9.17) is 0 Å². The minimum absolute atomic E-state index is 0.829. The first kappa shape index (κ1) is 40.0. The van der Waals surface area contributed by atoms with Crippen LogP contribution in [0, 0.1) is 6.92 Å². The summed E-state index contributed by atoms with van der Waals surface area (Å²) in [6.45, 7) is 25.9. The van der Waals surface area contributed by atoms with Gasteiger partial charge in [0.05, 0.1) is 0 Å². The molecule has 1 aliphatic heterocycles. The number of rotatable bonds is 3. The summed E-state index contributed by atoms with van der Waals surface area (Å²) in [7, 11) is 8.13. The second-order valence-corrected chi connectivity index (χ2v) is 39.3. The second-order valence-electron chi connectivity index (χ2n) is 17.1. The Hall–Kier alpha value is -2.22. The average Bonchev–Trinajstić information content (AvgIpc) is 3.02. The normalized spacial score (nSPS) is 16.6. The number of hydrogen-bond acceptors (Lipinski definition) is 5. The molecule has 1 heterocycles. The number of anilines is 1. The summed E-state index contributed by atoms with van der Waals surface area (Å²) in [6.07, 6.45) is 0. The summed E-state index contributed by atoms with van der Waals surface area (Å²) in [5.74, 6) is 0. The number of hydrogen-bond donors (Lipinski definition) is 2. The molecule has 264 valence electrons. The number of nitrogens with one attached hydrogen (secondary N) is 2. The lowest BCUT2D eigenvalue weighted by Crippen LogP contribution is -2.79. The van der Waals surface area contributed by atoms with Gasteiger partial charge in [0.25, 0.3) is 0 Å². The Morgan fingerprint density at radius 1 is 0.627 bits per heavy atom. The van der Waals surface area contributed by atoms with Gasteiger partial charge in [0.15, 0.2) is 37.6 Å². The highest BCUT2D eigenvalue weighted by molar-refractivity contribution is 6.96. The van der Waals surface area contributed by atoms with Crippen LogP contribution >= 0.6 is 0 Å². The molecule has 0 unspecified atom stereocenters. The lowest BCUT2D eigenvalue weighted by atomic mass is 9.94. The molecule has 8 radical (unpaired) electrons. The molecule has 51 heavy (non-hydrogen) atoms. The molecule has 2 N–H and O–H groups in total. The average molecular weight is 791 g/mol. The van der Waals surface area contributed by atoms with Crippen molar-refractivity contribution in [3.63, 3.8) is 0 Å². The molecule has 0 aliphatic carbocycles. The SMILES string of the molecule is CN1[Si]N[Si](C)(C)N(C)[Si]1(C)C.C[Si](C)(C)N[Si](C)(C)C.Cc1ccc2cc3ccc4cc5cc6ccccc6cc5cc4c3cc2c1N([Si])[Si]. The van der Waals surface area contributed by atoms with Crippen molar-refractivity contribution in [2.75, 3.05) is 18.3 Å². The van der Waals surface area contributed by atoms with Gasteiger partial charge in [-0.05, 0) is 138 Å². The maximum atomic E-state index is 3.74. The fourth-order valence-electron chi connectivity index (χ4n) is 7.19. The lowest BCUT2D eigenvalue weighted by Gasteiger charge is -2.53.